The first kappa shape index (κ1) is 24.7. The zero-order chi connectivity index (χ0) is 20.8. The molecule has 0 spiro atoms. The van der Waals surface area contributed by atoms with Crippen LogP contribution in [0.15, 0.2) is 12.7 Å². The Labute approximate surface area is 159 Å². The molecule has 0 aromatic rings. The maximum atomic E-state index is 12.2. The van der Waals surface area contributed by atoms with Gasteiger partial charge >= 0.3 is 12.1 Å². The first-order valence-corrected chi connectivity index (χ1v) is 11.9. The van der Waals surface area contributed by atoms with E-state index in [9.17, 15) is 9.59 Å². The fraction of sp³-hybridized carbons (Fsp3) is 0.789. The molecule has 0 fully saturated rings. The van der Waals surface area contributed by atoms with Gasteiger partial charge in [-0.1, -0.05) is 26.8 Å². The maximum absolute atomic E-state index is 12.2. The molecule has 0 aromatic heterocycles. The van der Waals surface area contributed by atoms with Crippen LogP contribution in [0, 0.1) is 5.92 Å². The lowest BCUT2D eigenvalue weighted by Gasteiger charge is -2.38. The highest BCUT2D eigenvalue weighted by atomic mass is 28.4. The van der Waals surface area contributed by atoms with Crippen molar-refractivity contribution < 1.29 is 23.5 Å². The molecule has 6 nitrogen and oxygen atoms in total. The quantitative estimate of drug-likeness (QED) is 0.382. The summed E-state index contributed by atoms with van der Waals surface area (Å²) in [5.41, 5.74) is -0.624. The Hall–Kier alpha value is -1.34. The fourth-order valence-corrected chi connectivity index (χ4v) is 2.94. The average molecular weight is 388 g/mol. The molecule has 1 unspecified atom stereocenters. The van der Waals surface area contributed by atoms with E-state index in [0.717, 1.165) is 0 Å². The second-order valence-corrected chi connectivity index (χ2v) is 13.8. The van der Waals surface area contributed by atoms with Crippen LogP contribution in [0.2, 0.25) is 18.1 Å². The minimum absolute atomic E-state index is 0.0211. The Morgan fingerprint density at radius 1 is 1.15 bits per heavy atom. The van der Waals surface area contributed by atoms with Crippen molar-refractivity contribution in [2.75, 3.05) is 13.7 Å². The number of amides is 1. The van der Waals surface area contributed by atoms with Gasteiger partial charge in [0, 0.05) is 12.5 Å². The Morgan fingerprint density at radius 3 is 2.08 bits per heavy atom. The number of esters is 1. The van der Waals surface area contributed by atoms with Gasteiger partial charge in [-0.25, -0.2) is 4.79 Å². The summed E-state index contributed by atoms with van der Waals surface area (Å²) in [6.45, 7) is 20.4. The minimum Gasteiger partial charge on any atom is -0.469 e. The summed E-state index contributed by atoms with van der Waals surface area (Å²) in [5.74, 6) is -0.652. The number of carbonyl (C=O) groups excluding carboxylic acids is 2. The first-order chi connectivity index (χ1) is 11.6. The number of rotatable bonds is 8. The van der Waals surface area contributed by atoms with E-state index in [2.05, 4.69) is 45.8 Å². The Morgan fingerprint density at radius 2 is 1.69 bits per heavy atom. The third-order valence-corrected chi connectivity index (χ3v) is 9.08. The van der Waals surface area contributed by atoms with E-state index < -0.39 is 32.0 Å². The van der Waals surface area contributed by atoms with Crippen molar-refractivity contribution in [2.24, 2.45) is 5.92 Å². The second kappa shape index (κ2) is 9.55. The molecule has 0 aromatic carbocycles. The number of ether oxygens (including phenoxy) is 2. The van der Waals surface area contributed by atoms with Gasteiger partial charge < -0.3 is 19.2 Å². The zero-order valence-corrected chi connectivity index (χ0v) is 18.9. The normalized spacial score (nSPS) is 15.0. The molecular formula is C19H37NO5Si. The third kappa shape index (κ3) is 8.85. The molecule has 0 aliphatic rings. The van der Waals surface area contributed by atoms with Gasteiger partial charge in [0.25, 0.3) is 0 Å². The van der Waals surface area contributed by atoms with Gasteiger partial charge in [0.2, 0.25) is 0 Å². The summed E-state index contributed by atoms with van der Waals surface area (Å²) in [6.07, 6.45) is 1.15. The smallest absolute Gasteiger partial charge is 0.407 e. The van der Waals surface area contributed by atoms with E-state index in [-0.39, 0.29) is 17.4 Å². The highest BCUT2D eigenvalue weighted by Gasteiger charge is 2.38. The molecule has 7 heteroatoms. The summed E-state index contributed by atoms with van der Waals surface area (Å²) in [4.78, 5) is 24.0. The Bertz CT molecular complexity index is 491. The van der Waals surface area contributed by atoms with E-state index in [1.165, 1.54) is 7.11 Å². The monoisotopic (exact) mass is 387 g/mol. The molecule has 1 amide bonds. The van der Waals surface area contributed by atoms with Gasteiger partial charge in [-0.05, 0) is 38.9 Å². The second-order valence-electron chi connectivity index (χ2n) is 9.00. The number of methoxy groups -OCH3 is 1. The summed E-state index contributed by atoms with van der Waals surface area (Å²) in [6, 6.07) is -0.514. The predicted molar refractivity (Wildman–Crippen MR) is 107 cm³/mol. The van der Waals surface area contributed by atoms with Crippen LogP contribution in [0.5, 0.6) is 0 Å². The topological polar surface area (TPSA) is 73.9 Å². The Balaban J connectivity index is 5.20. The number of alkyl carbamates (subject to hydrolysis) is 1. The summed E-state index contributed by atoms with van der Waals surface area (Å²) in [7, 11) is -0.643. The van der Waals surface area contributed by atoms with Gasteiger partial charge in [-0.15, -0.1) is 6.58 Å². The van der Waals surface area contributed by atoms with Crippen molar-refractivity contribution in [3.8, 4) is 0 Å². The van der Waals surface area contributed by atoms with Crippen LogP contribution in [0.1, 0.15) is 48.0 Å². The molecule has 0 aliphatic heterocycles. The molecule has 0 radical (unpaired) electrons. The molecule has 0 saturated heterocycles. The summed E-state index contributed by atoms with van der Waals surface area (Å²) < 4.78 is 16.3. The summed E-state index contributed by atoms with van der Waals surface area (Å²) >= 11 is 0. The van der Waals surface area contributed by atoms with Crippen molar-refractivity contribution in [2.45, 2.75) is 77.7 Å². The lowest BCUT2D eigenvalue weighted by atomic mass is 9.98. The van der Waals surface area contributed by atoms with Crippen LogP contribution in [-0.4, -0.2) is 45.7 Å². The SMILES string of the molecule is C=CC(CO[Si](C)(C)C(C)(C)C)[C@@H](CC(=O)OC)NC(=O)OC(C)(C)C. The first-order valence-electron chi connectivity index (χ1n) is 8.96. The summed E-state index contributed by atoms with van der Waals surface area (Å²) in [5, 5.41) is 2.83. The molecule has 0 heterocycles. The molecule has 0 rings (SSSR count). The van der Waals surface area contributed by atoms with Crippen LogP contribution < -0.4 is 5.32 Å². The molecule has 152 valence electrons. The predicted octanol–water partition coefficient (Wildman–Crippen LogP) is 4.27. The van der Waals surface area contributed by atoms with Crippen LogP contribution in [0.3, 0.4) is 0 Å². The maximum Gasteiger partial charge on any atom is 0.407 e. The van der Waals surface area contributed by atoms with E-state index in [0.29, 0.717) is 6.61 Å². The molecule has 26 heavy (non-hydrogen) atoms. The van der Waals surface area contributed by atoms with Gasteiger partial charge in [0.05, 0.1) is 19.6 Å². The number of carbonyl (C=O) groups is 2. The third-order valence-electron chi connectivity index (χ3n) is 4.58. The van der Waals surface area contributed by atoms with Crippen molar-refractivity contribution in [1.29, 1.82) is 0 Å². The van der Waals surface area contributed by atoms with Crippen LogP contribution in [-0.2, 0) is 18.7 Å². The number of nitrogens with one attached hydrogen (secondary N) is 1. The van der Waals surface area contributed by atoms with E-state index >= 15 is 0 Å². The average Bonchev–Trinajstić information content (AvgIpc) is 2.44. The minimum atomic E-state index is -1.96. The van der Waals surface area contributed by atoms with Crippen LogP contribution >= 0.6 is 0 Å². The largest absolute Gasteiger partial charge is 0.469 e. The van der Waals surface area contributed by atoms with Crippen molar-refractivity contribution in [3.63, 3.8) is 0 Å². The lowest BCUT2D eigenvalue weighted by Crippen LogP contribution is -2.47. The van der Waals surface area contributed by atoms with E-state index in [1.807, 2.05) is 0 Å². The molecular weight excluding hydrogens is 350 g/mol. The zero-order valence-electron chi connectivity index (χ0n) is 17.9. The number of hydrogen-bond donors (Lipinski definition) is 1. The standard InChI is InChI=1S/C19H37NO5Si/c1-11-14(13-24-26(9,10)19(5,6)7)15(12-16(21)23-8)20-17(22)25-18(2,3)4/h11,14-15H,1,12-13H2,2-10H3,(H,20,22)/t14?,15-/m1/s1. The van der Waals surface area contributed by atoms with Crippen molar-refractivity contribution in [3.05, 3.63) is 12.7 Å². The highest BCUT2D eigenvalue weighted by molar-refractivity contribution is 6.74. The van der Waals surface area contributed by atoms with E-state index in [1.54, 1.807) is 26.8 Å². The number of hydrogen-bond acceptors (Lipinski definition) is 5. The van der Waals surface area contributed by atoms with Gasteiger partial charge in [0.1, 0.15) is 5.60 Å². The fourth-order valence-electron chi connectivity index (χ4n) is 1.90. The molecule has 0 saturated carbocycles. The molecule has 1 N–H and O–H groups in total. The molecule has 0 aliphatic carbocycles. The van der Waals surface area contributed by atoms with Crippen LogP contribution in [0.25, 0.3) is 0 Å². The van der Waals surface area contributed by atoms with Crippen molar-refractivity contribution in [1.82, 2.24) is 5.32 Å². The molecule has 0 bridgehead atoms. The lowest BCUT2D eigenvalue weighted by molar-refractivity contribution is -0.141. The molecule has 2 atom stereocenters. The van der Waals surface area contributed by atoms with Gasteiger partial charge in [-0.2, -0.15) is 0 Å². The van der Waals surface area contributed by atoms with Gasteiger partial charge in [-0.3, -0.25) is 4.79 Å². The van der Waals surface area contributed by atoms with E-state index in [4.69, 9.17) is 13.9 Å². The highest BCUT2D eigenvalue weighted by Crippen LogP contribution is 2.37. The van der Waals surface area contributed by atoms with Crippen molar-refractivity contribution >= 4 is 20.4 Å². The van der Waals surface area contributed by atoms with Gasteiger partial charge in [0.15, 0.2) is 8.32 Å². The van der Waals surface area contributed by atoms with Crippen LogP contribution in [0.4, 0.5) is 4.79 Å². The Kier molecular flexibility index (Phi) is 9.06.